The second kappa shape index (κ2) is 7.26. The van der Waals surface area contributed by atoms with Crippen molar-refractivity contribution in [3.05, 3.63) is 29.8 Å². The molecule has 0 unspecified atom stereocenters. The first-order chi connectivity index (χ1) is 9.70. The maximum absolute atomic E-state index is 12.4. The predicted molar refractivity (Wildman–Crippen MR) is 79.7 cm³/mol. The Morgan fingerprint density at radius 2 is 1.95 bits per heavy atom. The van der Waals surface area contributed by atoms with Crippen LogP contribution in [-0.2, 0) is 4.74 Å². The highest BCUT2D eigenvalue weighted by molar-refractivity contribution is 5.94. The minimum absolute atomic E-state index is 0.0959. The number of nitrogen functional groups attached to an aromatic ring is 1. The molecule has 0 radical (unpaired) electrons. The number of anilines is 1. The molecule has 20 heavy (non-hydrogen) atoms. The van der Waals surface area contributed by atoms with E-state index in [1.54, 1.807) is 31.4 Å². The van der Waals surface area contributed by atoms with E-state index in [-0.39, 0.29) is 5.91 Å². The zero-order valence-electron chi connectivity index (χ0n) is 12.0. The van der Waals surface area contributed by atoms with Gasteiger partial charge in [-0.2, -0.15) is 0 Å². The SMILES string of the molecule is COCCN1CCCN(C(=O)c2ccc(N)cc2)CC1. The summed E-state index contributed by atoms with van der Waals surface area (Å²) in [6.07, 6.45) is 1.00. The number of carbonyl (C=O) groups is 1. The molecule has 0 aromatic heterocycles. The number of nitrogens with two attached hydrogens (primary N) is 1. The van der Waals surface area contributed by atoms with E-state index in [9.17, 15) is 4.79 Å². The van der Waals surface area contributed by atoms with E-state index in [0.29, 0.717) is 11.3 Å². The summed E-state index contributed by atoms with van der Waals surface area (Å²) in [5.41, 5.74) is 7.05. The Balaban J connectivity index is 1.92. The Bertz CT molecular complexity index is 433. The Labute approximate surface area is 120 Å². The Morgan fingerprint density at radius 3 is 2.65 bits per heavy atom. The fourth-order valence-corrected chi connectivity index (χ4v) is 2.43. The molecule has 5 heteroatoms. The Morgan fingerprint density at radius 1 is 1.20 bits per heavy atom. The van der Waals surface area contributed by atoms with Crippen molar-refractivity contribution in [3.63, 3.8) is 0 Å². The van der Waals surface area contributed by atoms with Crippen LogP contribution in [0.25, 0.3) is 0 Å². The lowest BCUT2D eigenvalue weighted by Crippen LogP contribution is -2.36. The van der Waals surface area contributed by atoms with E-state index in [4.69, 9.17) is 10.5 Å². The Kier molecular flexibility index (Phi) is 5.38. The van der Waals surface area contributed by atoms with Crippen molar-refractivity contribution in [2.75, 3.05) is 52.2 Å². The molecular weight excluding hydrogens is 254 g/mol. The molecule has 5 nitrogen and oxygen atoms in total. The van der Waals surface area contributed by atoms with Crippen LogP contribution in [0.4, 0.5) is 5.69 Å². The third kappa shape index (κ3) is 3.95. The van der Waals surface area contributed by atoms with Crippen LogP contribution in [0.2, 0.25) is 0 Å². The maximum atomic E-state index is 12.4. The third-order valence-electron chi connectivity index (χ3n) is 3.65. The summed E-state index contributed by atoms with van der Waals surface area (Å²) in [5.74, 6) is 0.0959. The van der Waals surface area contributed by atoms with E-state index >= 15 is 0 Å². The number of ether oxygens (including phenoxy) is 1. The molecule has 110 valence electrons. The lowest BCUT2D eigenvalue weighted by molar-refractivity contribution is 0.0759. The number of hydrogen-bond donors (Lipinski definition) is 1. The number of nitrogens with zero attached hydrogens (tertiary/aromatic N) is 2. The third-order valence-corrected chi connectivity index (χ3v) is 3.65. The van der Waals surface area contributed by atoms with Gasteiger partial charge >= 0.3 is 0 Å². The monoisotopic (exact) mass is 277 g/mol. The molecule has 0 aliphatic carbocycles. The van der Waals surface area contributed by atoms with Gasteiger partial charge in [0.25, 0.3) is 5.91 Å². The van der Waals surface area contributed by atoms with E-state index in [0.717, 1.165) is 45.8 Å². The standard InChI is InChI=1S/C15H23N3O2/c1-20-12-11-17-7-2-8-18(10-9-17)15(19)13-3-5-14(16)6-4-13/h3-6H,2,7-12,16H2,1H3. The second-order valence-electron chi connectivity index (χ2n) is 5.10. The van der Waals surface area contributed by atoms with Crippen LogP contribution in [0.15, 0.2) is 24.3 Å². The molecule has 1 aliphatic heterocycles. The summed E-state index contributed by atoms with van der Waals surface area (Å²) < 4.78 is 5.11. The Hall–Kier alpha value is -1.59. The zero-order valence-corrected chi connectivity index (χ0v) is 12.0. The highest BCUT2D eigenvalue weighted by Crippen LogP contribution is 2.11. The summed E-state index contributed by atoms with van der Waals surface area (Å²) in [6.45, 7) is 5.19. The molecule has 2 N–H and O–H groups in total. The average Bonchev–Trinajstić information content (AvgIpc) is 2.70. The fraction of sp³-hybridized carbons (Fsp3) is 0.533. The van der Waals surface area contributed by atoms with Gasteiger partial charge in [0.1, 0.15) is 0 Å². The van der Waals surface area contributed by atoms with Crippen LogP contribution in [-0.4, -0.2) is 62.1 Å². The van der Waals surface area contributed by atoms with Crippen molar-refractivity contribution < 1.29 is 9.53 Å². The first kappa shape index (κ1) is 14.8. The van der Waals surface area contributed by atoms with Crippen molar-refractivity contribution in [2.45, 2.75) is 6.42 Å². The number of hydrogen-bond acceptors (Lipinski definition) is 4. The maximum Gasteiger partial charge on any atom is 0.253 e. The number of rotatable bonds is 4. The first-order valence-electron chi connectivity index (χ1n) is 7.07. The molecule has 1 saturated heterocycles. The quantitative estimate of drug-likeness (QED) is 0.836. The van der Waals surface area contributed by atoms with Crippen LogP contribution < -0.4 is 5.73 Å². The van der Waals surface area contributed by atoms with Gasteiger partial charge in [0.2, 0.25) is 0 Å². The summed E-state index contributed by atoms with van der Waals surface area (Å²) in [6, 6.07) is 7.14. The molecular formula is C15H23N3O2. The number of amides is 1. The minimum Gasteiger partial charge on any atom is -0.399 e. The van der Waals surface area contributed by atoms with E-state index < -0.39 is 0 Å². The van der Waals surface area contributed by atoms with Gasteiger partial charge in [0, 0.05) is 44.5 Å². The molecule has 1 amide bonds. The molecule has 1 heterocycles. The van der Waals surface area contributed by atoms with E-state index in [1.807, 2.05) is 4.90 Å². The molecule has 1 aromatic carbocycles. The molecule has 1 aromatic rings. The van der Waals surface area contributed by atoms with Gasteiger partial charge in [-0.05, 0) is 37.2 Å². The molecule has 0 atom stereocenters. The van der Waals surface area contributed by atoms with Gasteiger partial charge in [-0.25, -0.2) is 0 Å². The molecule has 0 spiro atoms. The van der Waals surface area contributed by atoms with Crippen LogP contribution in [0.5, 0.6) is 0 Å². The fourth-order valence-electron chi connectivity index (χ4n) is 2.43. The predicted octanol–water partition coefficient (Wildman–Crippen LogP) is 1.06. The van der Waals surface area contributed by atoms with Crippen LogP contribution >= 0.6 is 0 Å². The van der Waals surface area contributed by atoms with Crippen molar-refractivity contribution >= 4 is 11.6 Å². The van der Waals surface area contributed by atoms with Crippen LogP contribution in [0.1, 0.15) is 16.8 Å². The van der Waals surface area contributed by atoms with Crippen LogP contribution in [0, 0.1) is 0 Å². The highest BCUT2D eigenvalue weighted by atomic mass is 16.5. The lowest BCUT2D eigenvalue weighted by atomic mass is 10.2. The first-order valence-corrected chi connectivity index (χ1v) is 7.07. The van der Waals surface area contributed by atoms with Gasteiger partial charge in [-0.15, -0.1) is 0 Å². The topological polar surface area (TPSA) is 58.8 Å². The lowest BCUT2D eigenvalue weighted by Gasteiger charge is -2.22. The summed E-state index contributed by atoms with van der Waals surface area (Å²) >= 11 is 0. The molecule has 2 rings (SSSR count). The van der Waals surface area contributed by atoms with Gasteiger partial charge in [-0.1, -0.05) is 0 Å². The van der Waals surface area contributed by atoms with Gasteiger partial charge in [-0.3, -0.25) is 9.69 Å². The second-order valence-corrected chi connectivity index (χ2v) is 5.10. The molecule has 1 fully saturated rings. The number of methoxy groups -OCH3 is 1. The van der Waals surface area contributed by atoms with Gasteiger partial charge in [0.05, 0.1) is 6.61 Å². The minimum atomic E-state index is 0.0959. The number of carbonyl (C=O) groups excluding carboxylic acids is 1. The summed E-state index contributed by atoms with van der Waals surface area (Å²) in [4.78, 5) is 16.7. The number of benzene rings is 1. The smallest absolute Gasteiger partial charge is 0.253 e. The van der Waals surface area contributed by atoms with Crippen molar-refractivity contribution in [2.24, 2.45) is 0 Å². The van der Waals surface area contributed by atoms with Gasteiger partial charge < -0.3 is 15.4 Å². The van der Waals surface area contributed by atoms with Crippen molar-refractivity contribution in [3.8, 4) is 0 Å². The summed E-state index contributed by atoms with van der Waals surface area (Å²) in [5, 5.41) is 0. The van der Waals surface area contributed by atoms with Gasteiger partial charge in [0.15, 0.2) is 0 Å². The van der Waals surface area contributed by atoms with Crippen molar-refractivity contribution in [1.82, 2.24) is 9.80 Å². The van der Waals surface area contributed by atoms with Crippen LogP contribution in [0.3, 0.4) is 0 Å². The van der Waals surface area contributed by atoms with Crippen molar-refractivity contribution in [1.29, 1.82) is 0 Å². The molecule has 1 aliphatic rings. The largest absolute Gasteiger partial charge is 0.399 e. The molecule has 0 bridgehead atoms. The molecule has 0 saturated carbocycles. The van der Waals surface area contributed by atoms with E-state index in [2.05, 4.69) is 4.90 Å². The summed E-state index contributed by atoms with van der Waals surface area (Å²) in [7, 11) is 1.72. The average molecular weight is 277 g/mol. The zero-order chi connectivity index (χ0) is 14.4. The normalized spacial score (nSPS) is 16.9. The van der Waals surface area contributed by atoms with E-state index in [1.165, 1.54) is 0 Å². The highest BCUT2D eigenvalue weighted by Gasteiger charge is 2.19.